The van der Waals surface area contributed by atoms with E-state index in [0.29, 0.717) is 5.75 Å². The third-order valence-corrected chi connectivity index (χ3v) is 7.65. The van der Waals surface area contributed by atoms with Crippen LogP contribution in [0.3, 0.4) is 0 Å². The third-order valence-electron chi connectivity index (χ3n) is 7.38. The minimum Gasteiger partial charge on any atom is -0.482 e. The Labute approximate surface area is 226 Å². The van der Waals surface area contributed by atoms with Crippen molar-refractivity contribution in [1.82, 2.24) is 0 Å². The molecule has 0 atom stereocenters. The molecule has 0 radical (unpaired) electrons. The Morgan fingerprint density at radius 2 is 1.66 bits per heavy atom. The van der Waals surface area contributed by atoms with Gasteiger partial charge in [0.05, 0.1) is 5.56 Å². The van der Waals surface area contributed by atoms with Gasteiger partial charge in [0.25, 0.3) is 0 Å². The van der Waals surface area contributed by atoms with Crippen molar-refractivity contribution in [2.24, 2.45) is 0 Å². The number of carbonyl (C=O) groups is 1. The predicted molar refractivity (Wildman–Crippen MR) is 146 cm³/mol. The van der Waals surface area contributed by atoms with E-state index in [1.807, 2.05) is 13.0 Å². The molecule has 8 heteroatoms. The fourth-order valence-electron chi connectivity index (χ4n) is 5.42. The molecule has 0 unspecified atom stereocenters. The Bertz CT molecular complexity index is 1300. The number of anilines is 1. The van der Waals surface area contributed by atoms with Crippen LogP contribution in [0.15, 0.2) is 59.5 Å². The number of ether oxygens (including phenoxy) is 1. The lowest BCUT2D eigenvalue weighted by molar-refractivity contribution is -0.139. The molecular formula is C30H32F3NO3S. The Kier molecular flexibility index (Phi) is 8.31. The molecule has 202 valence electrons. The zero-order chi connectivity index (χ0) is 27.5. The number of benzene rings is 3. The summed E-state index contributed by atoms with van der Waals surface area (Å²) in [7, 11) is 0. The topological polar surface area (TPSA) is 58.6 Å². The van der Waals surface area contributed by atoms with Crippen molar-refractivity contribution in [3.63, 3.8) is 0 Å². The maximum Gasteiger partial charge on any atom is 0.416 e. The van der Waals surface area contributed by atoms with Crippen molar-refractivity contribution < 1.29 is 27.8 Å². The summed E-state index contributed by atoms with van der Waals surface area (Å²) in [6.45, 7) is 4.60. The van der Waals surface area contributed by atoms with Gasteiger partial charge in [0.1, 0.15) is 5.75 Å². The highest BCUT2D eigenvalue weighted by Crippen LogP contribution is 2.49. The van der Waals surface area contributed by atoms with Gasteiger partial charge in [-0.1, -0.05) is 31.4 Å². The smallest absolute Gasteiger partial charge is 0.416 e. The number of fused-ring (bicyclic) bond motifs is 2. The van der Waals surface area contributed by atoms with Gasteiger partial charge in [0, 0.05) is 22.5 Å². The lowest BCUT2D eigenvalue weighted by atomic mass is 9.70. The number of carboxylic acid groups (broad SMARTS) is 1. The van der Waals surface area contributed by atoms with E-state index in [9.17, 15) is 18.0 Å². The molecule has 2 N–H and O–H groups in total. The predicted octanol–water partition coefficient (Wildman–Crippen LogP) is 8.06. The summed E-state index contributed by atoms with van der Waals surface area (Å²) >= 11 is 4.14. The highest BCUT2D eigenvalue weighted by Gasteiger charge is 2.40. The minimum absolute atomic E-state index is 0.209. The monoisotopic (exact) mass is 543 g/mol. The van der Waals surface area contributed by atoms with Gasteiger partial charge in [-0.25, -0.2) is 4.79 Å². The normalized spacial score (nSPS) is 15.7. The number of nitrogens with one attached hydrogen (secondary N) is 1. The van der Waals surface area contributed by atoms with Crippen LogP contribution in [-0.4, -0.2) is 24.2 Å². The third kappa shape index (κ3) is 6.29. The molecular weight excluding hydrogens is 511 g/mol. The number of hydrogen-bond donors (Lipinski definition) is 3. The quantitative estimate of drug-likeness (QED) is 0.291. The molecule has 2 aliphatic rings. The van der Waals surface area contributed by atoms with Crippen molar-refractivity contribution in [2.45, 2.75) is 62.4 Å². The Morgan fingerprint density at radius 3 is 2.26 bits per heavy atom. The summed E-state index contributed by atoms with van der Waals surface area (Å²) in [5.41, 5.74) is 6.12. The van der Waals surface area contributed by atoms with E-state index in [1.165, 1.54) is 61.1 Å². The number of aliphatic carboxylic acids is 1. The summed E-state index contributed by atoms with van der Waals surface area (Å²) in [5, 5.41) is 12.0. The van der Waals surface area contributed by atoms with Gasteiger partial charge < -0.3 is 15.2 Å². The van der Waals surface area contributed by atoms with E-state index in [1.54, 1.807) is 24.3 Å². The van der Waals surface area contributed by atoms with Crippen LogP contribution in [0.1, 0.15) is 54.4 Å². The highest BCUT2D eigenvalue weighted by molar-refractivity contribution is 7.80. The molecule has 0 amide bonds. The van der Waals surface area contributed by atoms with Crippen LogP contribution in [0.5, 0.6) is 5.75 Å². The maximum atomic E-state index is 12.8. The van der Waals surface area contributed by atoms with E-state index >= 15 is 0 Å². The molecule has 38 heavy (non-hydrogen) atoms. The van der Waals surface area contributed by atoms with E-state index < -0.39 is 17.7 Å². The summed E-state index contributed by atoms with van der Waals surface area (Å²) in [4.78, 5) is 11.0. The van der Waals surface area contributed by atoms with Crippen LogP contribution < -0.4 is 10.1 Å². The number of halogens is 3. The molecule has 1 aliphatic heterocycles. The maximum absolute atomic E-state index is 12.8. The fourth-order valence-corrected chi connectivity index (χ4v) is 5.69. The zero-order valence-electron chi connectivity index (χ0n) is 21.5. The molecule has 1 spiro atoms. The minimum atomic E-state index is -4.29. The molecule has 4 nitrogen and oxygen atoms in total. The fraction of sp³-hybridized carbons (Fsp3) is 0.367. The first-order chi connectivity index (χ1) is 18.0. The SMILES string of the molecule is Cc1cc(-c2ccc(C(F)(F)F)cc2)cc2c1NCC21CCCCC1.Cc1cc(S)ccc1OCC(=O)O. The molecule has 1 fully saturated rings. The van der Waals surface area contributed by atoms with E-state index in [4.69, 9.17) is 9.84 Å². The zero-order valence-corrected chi connectivity index (χ0v) is 22.4. The Balaban J connectivity index is 0.000000219. The first-order valence-corrected chi connectivity index (χ1v) is 13.1. The van der Waals surface area contributed by atoms with Crippen LogP contribution >= 0.6 is 12.6 Å². The number of rotatable bonds is 4. The van der Waals surface area contributed by atoms with E-state index in [0.717, 1.165) is 28.1 Å². The lowest BCUT2D eigenvalue weighted by Crippen LogP contribution is -2.30. The van der Waals surface area contributed by atoms with Crippen LogP contribution in [-0.2, 0) is 16.4 Å². The number of thiol groups is 1. The summed E-state index contributed by atoms with van der Waals surface area (Å²) in [5.74, 6) is -0.394. The molecule has 0 bridgehead atoms. The van der Waals surface area contributed by atoms with Gasteiger partial charge in [-0.3, -0.25) is 0 Å². The van der Waals surface area contributed by atoms with Gasteiger partial charge >= 0.3 is 12.1 Å². The van der Waals surface area contributed by atoms with Crippen LogP contribution in [0.25, 0.3) is 11.1 Å². The van der Waals surface area contributed by atoms with Gasteiger partial charge in [0.2, 0.25) is 0 Å². The standard InChI is InChI=1S/C21H22F3N.C9H10O3S/c1-14-11-16(15-5-7-17(8-6-15)21(22,23)24)12-18-19(14)25-13-20(18)9-3-2-4-10-20;1-6-4-7(13)2-3-8(6)12-5-9(10)11/h5-8,11-12,25H,2-4,9-10,13H2,1H3;2-4,13H,5H2,1H3,(H,10,11). The van der Waals surface area contributed by atoms with E-state index in [-0.39, 0.29) is 12.0 Å². The van der Waals surface area contributed by atoms with Crippen molar-refractivity contribution in [3.8, 4) is 16.9 Å². The summed E-state index contributed by atoms with van der Waals surface area (Å²) < 4.78 is 43.4. The van der Waals surface area contributed by atoms with Crippen molar-refractivity contribution in [1.29, 1.82) is 0 Å². The van der Waals surface area contributed by atoms with Gasteiger partial charge in [-0.2, -0.15) is 13.2 Å². The van der Waals surface area contributed by atoms with Crippen molar-refractivity contribution in [3.05, 3.63) is 76.9 Å². The molecule has 5 rings (SSSR count). The second kappa shape index (κ2) is 11.3. The first-order valence-electron chi connectivity index (χ1n) is 12.7. The van der Waals surface area contributed by atoms with Gasteiger partial charge in [0.15, 0.2) is 6.61 Å². The van der Waals surface area contributed by atoms with Crippen LogP contribution in [0.2, 0.25) is 0 Å². The average molecular weight is 544 g/mol. The van der Waals surface area contributed by atoms with Gasteiger partial charge in [-0.15, -0.1) is 12.6 Å². The van der Waals surface area contributed by atoms with Gasteiger partial charge in [-0.05, 0) is 97.0 Å². The highest BCUT2D eigenvalue weighted by atomic mass is 32.1. The molecule has 0 saturated heterocycles. The molecule has 3 aromatic rings. The second-order valence-electron chi connectivity index (χ2n) is 10.1. The van der Waals surface area contributed by atoms with Crippen molar-refractivity contribution in [2.75, 3.05) is 18.5 Å². The van der Waals surface area contributed by atoms with Crippen LogP contribution in [0.4, 0.5) is 18.9 Å². The summed E-state index contributed by atoms with van der Waals surface area (Å²) in [6, 6.07) is 15.1. The second-order valence-corrected chi connectivity index (χ2v) is 10.6. The Morgan fingerprint density at radius 1 is 0.974 bits per heavy atom. The number of carboxylic acids is 1. The number of hydrogen-bond acceptors (Lipinski definition) is 4. The Hall–Kier alpha value is -3.13. The molecule has 1 heterocycles. The number of alkyl halides is 3. The molecule has 1 saturated carbocycles. The van der Waals surface area contributed by atoms with E-state index in [2.05, 4.69) is 37.0 Å². The lowest BCUT2D eigenvalue weighted by Gasteiger charge is -2.33. The largest absolute Gasteiger partial charge is 0.482 e. The molecule has 0 aromatic heterocycles. The number of aryl methyl sites for hydroxylation is 2. The van der Waals surface area contributed by atoms with Crippen LogP contribution in [0, 0.1) is 13.8 Å². The van der Waals surface area contributed by atoms with Crippen molar-refractivity contribution >= 4 is 24.3 Å². The molecule has 1 aliphatic carbocycles. The average Bonchev–Trinajstić information content (AvgIpc) is 3.22. The molecule has 3 aromatic carbocycles. The first kappa shape index (κ1) is 27.9. The summed E-state index contributed by atoms with van der Waals surface area (Å²) in [6.07, 6.45) is 1.91.